The lowest BCUT2D eigenvalue weighted by molar-refractivity contribution is -0.141. The smallest absolute Gasteiger partial charge is 0.324 e. The molecule has 1 N–H and O–H groups in total. The van der Waals surface area contributed by atoms with Gasteiger partial charge in [-0.25, -0.2) is 15.0 Å². The van der Waals surface area contributed by atoms with Crippen molar-refractivity contribution in [3.63, 3.8) is 0 Å². The van der Waals surface area contributed by atoms with Crippen LogP contribution in [0, 0.1) is 0 Å². The van der Waals surface area contributed by atoms with Crippen LogP contribution in [0.3, 0.4) is 0 Å². The first-order valence-corrected chi connectivity index (χ1v) is 5.12. The Balaban J connectivity index is 2.22. The molecule has 2 aromatic heterocycles. The number of halogens is 4. The topological polar surface area (TPSA) is 50.7 Å². The van der Waals surface area contributed by atoms with Crippen molar-refractivity contribution >= 4 is 23.2 Å². The lowest BCUT2D eigenvalue weighted by Gasteiger charge is -2.08. The highest BCUT2D eigenvalue weighted by molar-refractivity contribution is 6.29. The van der Waals surface area contributed by atoms with E-state index in [1.807, 2.05) is 0 Å². The van der Waals surface area contributed by atoms with E-state index in [4.69, 9.17) is 11.6 Å². The minimum atomic E-state index is -4.48. The highest BCUT2D eigenvalue weighted by atomic mass is 35.5. The van der Waals surface area contributed by atoms with Gasteiger partial charge in [-0.3, -0.25) is 0 Å². The first kappa shape index (κ1) is 12.6. The van der Waals surface area contributed by atoms with Crippen molar-refractivity contribution in [2.24, 2.45) is 0 Å². The molecule has 4 nitrogen and oxygen atoms in total. The Morgan fingerprint density at radius 3 is 2.44 bits per heavy atom. The molecule has 0 spiro atoms. The largest absolute Gasteiger partial charge is 0.433 e. The molecule has 18 heavy (non-hydrogen) atoms. The SMILES string of the molecule is FC(F)(F)c1cccc(Nc2cnc(Cl)cn2)n1. The van der Waals surface area contributed by atoms with E-state index in [0.717, 1.165) is 6.07 Å². The third-order valence-corrected chi connectivity index (χ3v) is 2.11. The second kappa shape index (κ2) is 4.77. The average molecular weight is 275 g/mol. The zero-order valence-corrected chi connectivity index (χ0v) is 9.50. The molecule has 0 saturated carbocycles. The van der Waals surface area contributed by atoms with Crippen LogP contribution in [-0.4, -0.2) is 15.0 Å². The number of hydrogen-bond acceptors (Lipinski definition) is 4. The fourth-order valence-corrected chi connectivity index (χ4v) is 1.27. The zero-order valence-electron chi connectivity index (χ0n) is 8.74. The summed E-state index contributed by atoms with van der Waals surface area (Å²) in [6.45, 7) is 0. The maximum atomic E-state index is 12.4. The second-order valence-electron chi connectivity index (χ2n) is 3.26. The Hall–Kier alpha value is -1.89. The predicted molar refractivity (Wildman–Crippen MR) is 59.6 cm³/mol. The van der Waals surface area contributed by atoms with Gasteiger partial charge in [0, 0.05) is 0 Å². The molecular formula is C10H6ClF3N4. The minimum Gasteiger partial charge on any atom is -0.324 e. The maximum Gasteiger partial charge on any atom is 0.433 e. The summed E-state index contributed by atoms with van der Waals surface area (Å²) < 4.78 is 37.3. The number of rotatable bonds is 2. The zero-order chi connectivity index (χ0) is 13.2. The normalized spacial score (nSPS) is 11.3. The summed E-state index contributed by atoms with van der Waals surface area (Å²) in [5.74, 6) is 0.285. The summed E-state index contributed by atoms with van der Waals surface area (Å²) in [4.78, 5) is 11.0. The van der Waals surface area contributed by atoms with Crippen LogP contribution in [-0.2, 0) is 6.18 Å². The standard InChI is InChI=1S/C10H6ClF3N4/c11-7-4-16-9(5-15-7)18-8-3-1-2-6(17-8)10(12,13)14/h1-5H,(H,16,17,18). The number of anilines is 2. The third kappa shape index (κ3) is 3.07. The molecule has 94 valence electrons. The van der Waals surface area contributed by atoms with Crippen molar-refractivity contribution in [3.05, 3.63) is 41.4 Å². The minimum absolute atomic E-state index is 0.0291. The van der Waals surface area contributed by atoms with E-state index in [-0.39, 0.29) is 16.8 Å². The molecule has 0 saturated heterocycles. The fraction of sp³-hybridized carbons (Fsp3) is 0.100. The lowest BCUT2D eigenvalue weighted by Crippen LogP contribution is -2.09. The summed E-state index contributed by atoms with van der Waals surface area (Å²) in [7, 11) is 0. The Labute approximate surface area is 105 Å². The number of alkyl halides is 3. The van der Waals surface area contributed by atoms with Crippen LogP contribution in [0.1, 0.15) is 5.69 Å². The Morgan fingerprint density at radius 1 is 1.06 bits per heavy atom. The highest BCUT2D eigenvalue weighted by Gasteiger charge is 2.32. The van der Waals surface area contributed by atoms with E-state index >= 15 is 0 Å². The molecule has 0 bridgehead atoms. The van der Waals surface area contributed by atoms with Gasteiger partial charge in [-0.15, -0.1) is 0 Å². The summed E-state index contributed by atoms with van der Waals surface area (Å²) >= 11 is 5.53. The molecule has 0 amide bonds. The second-order valence-corrected chi connectivity index (χ2v) is 3.64. The summed E-state index contributed by atoms with van der Waals surface area (Å²) in [5, 5.41) is 2.79. The van der Waals surface area contributed by atoms with Crippen molar-refractivity contribution in [3.8, 4) is 0 Å². The van der Waals surface area contributed by atoms with Crippen LogP contribution in [0.15, 0.2) is 30.6 Å². The van der Waals surface area contributed by atoms with Crippen molar-refractivity contribution < 1.29 is 13.2 Å². The molecule has 2 rings (SSSR count). The van der Waals surface area contributed by atoms with Crippen LogP contribution in [0.5, 0.6) is 0 Å². The third-order valence-electron chi connectivity index (χ3n) is 1.92. The van der Waals surface area contributed by atoms with Gasteiger partial charge in [-0.1, -0.05) is 17.7 Å². The fourth-order valence-electron chi connectivity index (χ4n) is 1.17. The molecule has 0 atom stereocenters. The van der Waals surface area contributed by atoms with Crippen molar-refractivity contribution in [2.45, 2.75) is 6.18 Å². The van der Waals surface area contributed by atoms with Crippen LogP contribution >= 0.6 is 11.6 Å². The maximum absolute atomic E-state index is 12.4. The van der Waals surface area contributed by atoms with Gasteiger partial charge in [0.1, 0.15) is 22.5 Å². The van der Waals surface area contributed by atoms with Gasteiger partial charge in [0.25, 0.3) is 0 Å². The molecule has 2 heterocycles. The van der Waals surface area contributed by atoms with Gasteiger partial charge in [-0.2, -0.15) is 13.2 Å². The van der Waals surface area contributed by atoms with Gasteiger partial charge >= 0.3 is 6.18 Å². The van der Waals surface area contributed by atoms with Gasteiger partial charge in [-0.05, 0) is 12.1 Å². The quantitative estimate of drug-likeness (QED) is 0.913. The predicted octanol–water partition coefficient (Wildman–Crippen LogP) is 3.29. The number of nitrogens with one attached hydrogen (secondary N) is 1. The highest BCUT2D eigenvalue weighted by Crippen LogP contribution is 2.28. The molecule has 0 aromatic carbocycles. The Kier molecular flexibility index (Phi) is 3.33. The Morgan fingerprint density at radius 2 is 1.83 bits per heavy atom. The van der Waals surface area contributed by atoms with Crippen molar-refractivity contribution in [1.82, 2.24) is 15.0 Å². The van der Waals surface area contributed by atoms with E-state index in [1.54, 1.807) is 0 Å². The van der Waals surface area contributed by atoms with Crippen molar-refractivity contribution in [1.29, 1.82) is 0 Å². The van der Waals surface area contributed by atoms with Crippen LogP contribution in [0.25, 0.3) is 0 Å². The molecule has 0 radical (unpaired) electrons. The number of nitrogens with zero attached hydrogens (tertiary/aromatic N) is 3. The van der Waals surface area contributed by atoms with E-state index in [9.17, 15) is 13.2 Å². The number of pyridine rings is 1. The summed E-state index contributed by atoms with van der Waals surface area (Å²) in [5.41, 5.74) is -0.977. The van der Waals surface area contributed by atoms with Crippen molar-refractivity contribution in [2.75, 3.05) is 5.32 Å². The Bertz CT molecular complexity index is 542. The van der Waals surface area contributed by atoms with Gasteiger partial charge < -0.3 is 5.32 Å². The average Bonchev–Trinajstić information content (AvgIpc) is 2.31. The van der Waals surface area contributed by atoms with E-state index in [2.05, 4.69) is 20.3 Å². The first-order chi connectivity index (χ1) is 8.45. The van der Waals surface area contributed by atoms with Crippen LogP contribution in [0.2, 0.25) is 5.15 Å². The molecule has 0 unspecified atom stereocenters. The molecule has 0 fully saturated rings. The molecule has 0 aliphatic heterocycles. The van der Waals surface area contributed by atoms with Crippen LogP contribution < -0.4 is 5.32 Å². The van der Waals surface area contributed by atoms with Crippen LogP contribution in [0.4, 0.5) is 24.8 Å². The molecule has 0 aliphatic carbocycles. The number of hydrogen-bond donors (Lipinski definition) is 1. The van der Waals surface area contributed by atoms with Gasteiger partial charge in [0.05, 0.1) is 12.4 Å². The molecular weight excluding hydrogens is 269 g/mol. The van der Waals surface area contributed by atoms with Gasteiger partial charge in [0.15, 0.2) is 0 Å². The lowest BCUT2D eigenvalue weighted by atomic mass is 10.3. The van der Waals surface area contributed by atoms with E-state index in [0.29, 0.717) is 0 Å². The number of aromatic nitrogens is 3. The summed E-state index contributed by atoms with van der Waals surface area (Å²) in [6, 6.07) is 3.53. The van der Waals surface area contributed by atoms with E-state index < -0.39 is 11.9 Å². The summed E-state index contributed by atoms with van der Waals surface area (Å²) in [6.07, 6.45) is -1.91. The molecule has 2 aromatic rings. The monoisotopic (exact) mass is 274 g/mol. The van der Waals surface area contributed by atoms with Gasteiger partial charge in [0.2, 0.25) is 0 Å². The first-order valence-electron chi connectivity index (χ1n) is 4.74. The molecule has 8 heteroatoms. The van der Waals surface area contributed by atoms with E-state index in [1.165, 1.54) is 24.5 Å². The molecule has 0 aliphatic rings.